The van der Waals surface area contributed by atoms with Crippen molar-refractivity contribution in [3.05, 3.63) is 53.3 Å². The Kier molecular flexibility index (Phi) is 6.63. The van der Waals surface area contributed by atoms with Crippen LogP contribution < -0.4 is 0 Å². The predicted octanol–water partition coefficient (Wildman–Crippen LogP) is -2.11. The van der Waals surface area contributed by atoms with E-state index in [9.17, 15) is 40.2 Å². The number of phenols is 1. The number of hydrogen-bond acceptors (Lipinski definition) is 14. The number of esters is 2. The number of methoxy groups -OCH3 is 1. The van der Waals surface area contributed by atoms with E-state index in [4.69, 9.17) is 28.4 Å². The van der Waals surface area contributed by atoms with Crippen LogP contribution in [-0.2, 0) is 38.0 Å². The van der Waals surface area contributed by atoms with Gasteiger partial charge in [0.1, 0.15) is 42.4 Å². The Morgan fingerprint density at radius 2 is 1.80 bits per heavy atom. The zero-order valence-electron chi connectivity index (χ0n) is 21.0. The molecular formula is C26H28O14. The fraction of sp³-hybridized carbons (Fsp3) is 0.538. The summed E-state index contributed by atoms with van der Waals surface area (Å²) in [6.07, 6.45) is -9.54. The molecular weight excluding hydrogens is 536 g/mol. The summed E-state index contributed by atoms with van der Waals surface area (Å²) in [5.74, 6) is -3.34. The van der Waals surface area contributed by atoms with Crippen LogP contribution in [0, 0.1) is 11.8 Å². The summed E-state index contributed by atoms with van der Waals surface area (Å²) < 4.78 is 33.7. The second kappa shape index (κ2) is 9.78. The second-order valence-electron chi connectivity index (χ2n) is 10.3. The van der Waals surface area contributed by atoms with Gasteiger partial charge in [-0.15, -0.1) is 0 Å². The highest BCUT2D eigenvalue weighted by atomic mass is 16.8. The molecule has 0 amide bonds. The maximum Gasteiger partial charge on any atom is 0.337 e. The Bertz CT molecular complexity index is 1240. The third kappa shape index (κ3) is 4.02. The number of aliphatic hydroxyl groups excluding tert-OH is 5. The lowest BCUT2D eigenvalue weighted by Gasteiger charge is -2.45. The van der Waals surface area contributed by atoms with Gasteiger partial charge < -0.3 is 59.1 Å². The van der Waals surface area contributed by atoms with Crippen LogP contribution >= 0.6 is 0 Å². The summed E-state index contributed by atoms with van der Waals surface area (Å²) in [6.45, 7) is -0.685. The van der Waals surface area contributed by atoms with Crippen LogP contribution in [-0.4, -0.2) is 111 Å². The zero-order valence-corrected chi connectivity index (χ0v) is 21.0. The minimum absolute atomic E-state index is 0.0297. The number of benzene rings is 1. The maximum absolute atomic E-state index is 13.1. The number of carbonyl (C=O) groups excluding carboxylic acids is 2. The number of phenolic OH excluding ortho intramolecular Hbond substituents is 1. The van der Waals surface area contributed by atoms with Crippen molar-refractivity contribution in [2.24, 2.45) is 11.8 Å². The lowest BCUT2D eigenvalue weighted by molar-refractivity contribution is -0.347. The Hall–Kier alpha value is -3.08. The Morgan fingerprint density at radius 3 is 2.48 bits per heavy atom. The quantitative estimate of drug-likeness (QED) is 0.161. The monoisotopic (exact) mass is 564 g/mol. The molecule has 2 saturated heterocycles. The molecule has 14 heteroatoms. The van der Waals surface area contributed by atoms with Gasteiger partial charge in [0.15, 0.2) is 11.9 Å². The number of carbonyl (C=O) groups is 2. The average Bonchev–Trinajstić information content (AvgIpc) is 3.62. The largest absolute Gasteiger partial charge is 0.508 e. The highest BCUT2D eigenvalue weighted by Gasteiger charge is 2.78. The molecule has 1 aromatic rings. The summed E-state index contributed by atoms with van der Waals surface area (Å²) in [5.41, 5.74) is -1.29. The lowest BCUT2D eigenvalue weighted by Crippen LogP contribution is -2.61. The van der Waals surface area contributed by atoms with Crippen LogP contribution in [0.4, 0.5) is 0 Å². The van der Waals surface area contributed by atoms with Gasteiger partial charge in [0.2, 0.25) is 6.29 Å². The van der Waals surface area contributed by atoms with Gasteiger partial charge in [-0.25, -0.2) is 9.59 Å². The van der Waals surface area contributed by atoms with E-state index in [1.54, 1.807) is 0 Å². The third-order valence-electron chi connectivity index (χ3n) is 8.14. The van der Waals surface area contributed by atoms with Crippen molar-refractivity contribution in [1.29, 1.82) is 0 Å². The van der Waals surface area contributed by atoms with Gasteiger partial charge in [-0.1, -0.05) is 12.1 Å². The Labute approximate surface area is 226 Å². The molecule has 12 atom stereocenters. The topological polar surface area (TPSA) is 214 Å². The SMILES string of the molecule is COC(=O)C1=CO[C@@H](O[C@@H]2O[C@H](CO)[C@@H](O)[C@H](O)[C@H]2O)[C@H]2[C@@H]1[C@@H]1O[C@@H]1[C@@]21C=C(C(O)c2ccc(O)cc2)C(=O)O1. The summed E-state index contributed by atoms with van der Waals surface area (Å²) >= 11 is 0. The Morgan fingerprint density at radius 1 is 1.07 bits per heavy atom. The molecule has 0 bridgehead atoms. The van der Waals surface area contributed by atoms with Crippen LogP contribution in [0.3, 0.4) is 0 Å². The van der Waals surface area contributed by atoms with Gasteiger partial charge in [-0.2, -0.15) is 0 Å². The molecule has 0 radical (unpaired) electrons. The molecule has 1 spiro atoms. The molecule has 6 N–H and O–H groups in total. The molecule has 40 heavy (non-hydrogen) atoms. The van der Waals surface area contributed by atoms with E-state index in [1.807, 2.05) is 0 Å². The van der Waals surface area contributed by atoms with Gasteiger partial charge >= 0.3 is 11.9 Å². The molecule has 216 valence electrons. The molecule has 1 saturated carbocycles. The first-order valence-electron chi connectivity index (χ1n) is 12.6. The minimum atomic E-state index is -1.75. The number of aromatic hydroxyl groups is 1. The van der Waals surface area contributed by atoms with Crippen molar-refractivity contribution in [2.75, 3.05) is 13.7 Å². The first kappa shape index (κ1) is 27.1. The van der Waals surface area contributed by atoms with E-state index < -0.39 is 91.3 Å². The summed E-state index contributed by atoms with van der Waals surface area (Å²) in [5, 5.41) is 61.0. The van der Waals surface area contributed by atoms with Gasteiger partial charge in [0, 0.05) is 5.92 Å². The van der Waals surface area contributed by atoms with E-state index in [0.29, 0.717) is 5.56 Å². The van der Waals surface area contributed by atoms with E-state index >= 15 is 0 Å². The number of epoxide rings is 1. The number of rotatable bonds is 6. The first-order chi connectivity index (χ1) is 19.1. The van der Waals surface area contributed by atoms with E-state index in [2.05, 4.69) is 0 Å². The summed E-state index contributed by atoms with van der Waals surface area (Å²) in [4.78, 5) is 25.8. The molecule has 3 fully saturated rings. The molecule has 5 aliphatic rings. The molecule has 6 rings (SSSR count). The minimum Gasteiger partial charge on any atom is -0.508 e. The highest BCUT2D eigenvalue weighted by Crippen LogP contribution is 2.63. The molecule has 0 aromatic heterocycles. The van der Waals surface area contributed by atoms with Crippen molar-refractivity contribution in [1.82, 2.24) is 0 Å². The Balaban J connectivity index is 1.36. The van der Waals surface area contributed by atoms with Crippen molar-refractivity contribution in [2.45, 2.75) is 60.9 Å². The second-order valence-corrected chi connectivity index (χ2v) is 10.3. The molecule has 1 unspecified atom stereocenters. The summed E-state index contributed by atoms with van der Waals surface area (Å²) in [7, 11) is 1.19. The first-order valence-corrected chi connectivity index (χ1v) is 12.6. The smallest absolute Gasteiger partial charge is 0.337 e. The number of fused-ring (bicyclic) bond motifs is 5. The van der Waals surface area contributed by atoms with E-state index in [0.717, 1.165) is 6.26 Å². The van der Waals surface area contributed by atoms with Crippen LogP contribution in [0.2, 0.25) is 0 Å². The standard InChI is InChI=1S/C26H28O14/c1-35-22(33)12-8-36-24(39-25-19(32)18(31)17(30)13(7-27)37-25)15-14(12)20-21(38-20)26(15)6-11(23(34)40-26)16(29)9-2-4-10(28)5-3-9/h2-6,8,13-21,24-25,27-32H,7H2,1H3/t13-,14-,15-,16?,17-,18+,19-,20+,21+,24+,25+,26-/m1/s1. The van der Waals surface area contributed by atoms with Gasteiger partial charge in [0.05, 0.1) is 43.1 Å². The van der Waals surface area contributed by atoms with Crippen LogP contribution in [0.15, 0.2) is 47.7 Å². The van der Waals surface area contributed by atoms with Crippen LogP contribution in [0.25, 0.3) is 0 Å². The van der Waals surface area contributed by atoms with Crippen molar-refractivity contribution in [3.63, 3.8) is 0 Å². The average molecular weight is 564 g/mol. The number of ether oxygens (including phenoxy) is 6. The van der Waals surface area contributed by atoms with Gasteiger partial charge in [-0.05, 0) is 23.8 Å². The number of aliphatic hydroxyl groups is 5. The van der Waals surface area contributed by atoms with Crippen molar-refractivity contribution < 1.29 is 68.6 Å². The molecule has 4 aliphatic heterocycles. The predicted molar refractivity (Wildman–Crippen MR) is 125 cm³/mol. The maximum atomic E-state index is 13.1. The van der Waals surface area contributed by atoms with Gasteiger partial charge in [0.25, 0.3) is 0 Å². The van der Waals surface area contributed by atoms with Crippen LogP contribution in [0.5, 0.6) is 5.75 Å². The molecule has 1 aromatic carbocycles. The fourth-order valence-corrected chi connectivity index (χ4v) is 6.10. The fourth-order valence-electron chi connectivity index (χ4n) is 6.10. The van der Waals surface area contributed by atoms with E-state index in [-0.39, 0.29) is 16.9 Å². The number of hydrogen-bond donors (Lipinski definition) is 6. The zero-order chi connectivity index (χ0) is 28.5. The van der Waals surface area contributed by atoms with Crippen LogP contribution in [0.1, 0.15) is 11.7 Å². The molecule has 4 heterocycles. The van der Waals surface area contributed by atoms with Crippen molar-refractivity contribution >= 4 is 11.9 Å². The molecule has 1 aliphatic carbocycles. The van der Waals surface area contributed by atoms with E-state index in [1.165, 1.54) is 37.5 Å². The summed E-state index contributed by atoms with van der Waals surface area (Å²) in [6, 6.07) is 5.60. The third-order valence-corrected chi connectivity index (χ3v) is 8.14. The lowest BCUT2D eigenvalue weighted by atomic mass is 9.78. The highest BCUT2D eigenvalue weighted by molar-refractivity contribution is 5.94. The van der Waals surface area contributed by atoms with Gasteiger partial charge in [-0.3, -0.25) is 0 Å². The van der Waals surface area contributed by atoms with Crippen molar-refractivity contribution in [3.8, 4) is 5.75 Å². The molecule has 14 nitrogen and oxygen atoms in total. The normalized spacial score (nSPS) is 42.2.